The standard InChI is InChI=1S/C12H9NO2/c14-7-9(8-15)10-5-6-13-12-4-2-1-3-11(10)12/h1-8,14H/b9-7-. The second kappa shape index (κ2) is 3.92. The maximum atomic E-state index is 10.7. The number of aldehydes is 1. The number of aliphatic hydroxyl groups is 1. The summed E-state index contributed by atoms with van der Waals surface area (Å²) in [6.07, 6.45) is 3.06. The molecule has 2 aromatic rings. The van der Waals surface area contributed by atoms with Crippen molar-refractivity contribution >= 4 is 22.8 Å². The number of para-hydroxylation sites is 1. The predicted octanol–water partition coefficient (Wildman–Crippen LogP) is 2.33. The van der Waals surface area contributed by atoms with Gasteiger partial charge in [0.25, 0.3) is 0 Å². The van der Waals surface area contributed by atoms with E-state index in [4.69, 9.17) is 5.11 Å². The summed E-state index contributed by atoms with van der Waals surface area (Å²) in [4.78, 5) is 14.9. The molecule has 0 saturated carbocycles. The van der Waals surface area contributed by atoms with Crippen molar-refractivity contribution in [2.45, 2.75) is 0 Å². The van der Waals surface area contributed by atoms with Crippen LogP contribution >= 0.6 is 0 Å². The van der Waals surface area contributed by atoms with Gasteiger partial charge in [-0.1, -0.05) is 18.2 Å². The minimum atomic E-state index is 0.258. The summed E-state index contributed by atoms with van der Waals surface area (Å²) >= 11 is 0. The lowest BCUT2D eigenvalue weighted by Crippen LogP contribution is -1.89. The number of aromatic nitrogens is 1. The minimum Gasteiger partial charge on any atom is -0.515 e. The Hall–Kier alpha value is -2.16. The van der Waals surface area contributed by atoms with Gasteiger partial charge in [0.2, 0.25) is 0 Å². The van der Waals surface area contributed by atoms with Crippen LogP contribution in [0.2, 0.25) is 0 Å². The van der Waals surface area contributed by atoms with Crippen LogP contribution in [0.1, 0.15) is 5.56 Å². The number of pyridine rings is 1. The van der Waals surface area contributed by atoms with E-state index in [2.05, 4.69) is 4.98 Å². The smallest absolute Gasteiger partial charge is 0.153 e. The Balaban J connectivity index is 2.76. The van der Waals surface area contributed by atoms with Gasteiger partial charge in [0.15, 0.2) is 6.29 Å². The molecule has 2 rings (SSSR count). The highest BCUT2D eigenvalue weighted by Gasteiger charge is 2.05. The SMILES string of the molecule is O=C/C(=C/O)c1ccnc2ccccc12. The van der Waals surface area contributed by atoms with Gasteiger partial charge in [-0.2, -0.15) is 0 Å². The van der Waals surface area contributed by atoms with Crippen LogP contribution in [0.15, 0.2) is 42.8 Å². The van der Waals surface area contributed by atoms with Crippen LogP contribution in [0.5, 0.6) is 0 Å². The molecule has 1 aromatic heterocycles. The quantitative estimate of drug-likeness (QED) is 0.458. The van der Waals surface area contributed by atoms with Crippen molar-refractivity contribution < 1.29 is 9.90 Å². The number of benzene rings is 1. The van der Waals surface area contributed by atoms with Gasteiger partial charge in [0.1, 0.15) is 0 Å². The molecule has 0 saturated heterocycles. The molecule has 15 heavy (non-hydrogen) atoms. The summed E-state index contributed by atoms with van der Waals surface area (Å²) in [7, 11) is 0. The van der Waals surface area contributed by atoms with Crippen LogP contribution < -0.4 is 0 Å². The Bertz CT molecular complexity index is 527. The fraction of sp³-hybridized carbons (Fsp3) is 0. The molecule has 0 aliphatic rings. The first-order valence-electron chi connectivity index (χ1n) is 4.50. The third-order valence-corrected chi connectivity index (χ3v) is 2.23. The van der Waals surface area contributed by atoms with Crippen molar-refractivity contribution in [1.29, 1.82) is 0 Å². The number of carbonyl (C=O) groups excluding carboxylic acids is 1. The number of aliphatic hydroxyl groups excluding tert-OH is 1. The molecule has 0 radical (unpaired) electrons. The predicted molar refractivity (Wildman–Crippen MR) is 58.4 cm³/mol. The number of allylic oxidation sites excluding steroid dienone is 1. The molecular formula is C12H9NO2. The van der Waals surface area contributed by atoms with E-state index in [1.165, 1.54) is 0 Å². The van der Waals surface area contributed by atoms with Crippen molar-refractivity contribution in [3.63, 3.8) is 0 Å². The highest BCUT2D eigenvalue weighted by molar-refractivity contribution is 6.11. The number of hydrogen-bond donors (Lipinski definition) is 1. The van der Waals surface area contributed by atoms with Gasteiger partial charge in [-0.3, -0.25) is 9.78 Å². The summed E-state index contributed by atoms with van der Waals surface area (Å²) in [5.41, 5.74) is 1.75. The molecule has 0 fully saturated rings. The zero-order valence-electron chi connectivity index (χ0n) is 7.92. The molecule has 0 aliphatic heterocycles. The van der Waals surface area contributed by atoms with Crippen LogP contribution in [0.25, 0.3) is 16.5 Å². The fourth-order valence-corrected chi connectivity index (χ4v) is 1.51. The van der Waals surface area contributed by atoms with Gasteiger partial charge >= 0.3 is 0 Å². The van der Waals surface area contributed by atoms with Crippen molar-refractivity contribution in [3.05, 3.63) is 48.4 Å². The fourth-order valence-electron chi connectivity index (χ4n) is 1.51. The number of fused-ring (bicyclic) bond motifs is 1. The molecule has 0 bridgehead atoms. The zero-order chi connectivity index (χ0) is 10.7. The summed E-state index contributed by atoms with van der Waals surface area (Å²) < 4.78 is 0. The van der Waals surface area contributed by atoms with Gasteiger partial charge in [-0.15, -0.1) is 0 Å². The second-order valence-corrected chi connectivity index (χ2v) is 3.08. The molecule has 1 N–H and O–H groups in total. The molecule has 0 spiro atoms. The van der Waals surface area contributed by atoms with Gasteiger partial charge in [-0.25, -0.2) is 0 Å². The molecule has 1 aromatic carbocycles. The molecule has 0 unspecified atom stereocenters. The van der Waals surface area contributed by atoms with Crippen LogP contribution in [0.3, 0.4) is 0 Å². The first-order chi connectivity index (χ1) is 7.36. The van der Waals surface area contributed by atoms with Crippen LogP contribution in [-0.2, 0) is 4.79 Å². The van der Waals surface area contributed by atoms with Crippen molar-refractivity contribution in [1.82, 2.24) is 4.98 Å². The minimum absolute atomic E-state index is 0.258. The highest BCUT2D eigenvalue weighted by atomic mass is 16.2. The Morgan fingerprint density at radius 1 is 1.27 bits per heavy atom. The lowest BCUT2D eigenvalue weighted by Gasteiger charge is -2.03. The molecular weight excluding hydrogens is 190 g/mol. The van der Waals surface area contributed by atoms with Gasteiger partial charge < -0.3 is 5.11 Å². The molecule has 1 heterocycles. The lowest BCUT2D eigenvalue weighted by molar-refractivity contribution is -0.103. The molecule has 3 nitrogen and oxygen atoms in total. The summed E-state index contributed by atoms with van der Waals surface area (Å²) in [6, 6.07) is 9.18. The highest BCUT2D eigenvalue weighted by Crippen LogP contribution is 2.21. The Kier molecular flexibility index (Phi) is 2.46. The largest absolute Gasteiger partial charge is 0.515 e. The maximum absolute atomic E-state index is 10.7. The summed E-state index contributed by atoms with van der Waals surface area (Å²) in [6.45, 7) is 0. The Morgan fingerprint density at radius 2 is 2.07 bits per heavy atom. The summed E-state index contributed by atoms with van der Waals surface area (Å²) in [5.74, 6) is 0. The lowest BCUT2D eigenvalue weighted by atomic mass is 10.0. The zero-order valence-corrected chi connectivity index (χ0v) is 7.92. The van der Waals surface area contributed by atoms with Crippen LogP contribution in [-0.4, -0.2) is 16.4 Å². The van der Waals surface area contributed by atoms with E-state index in [1.807, 2.05) is 24.3 Å². The van der Waals surface area contributed by atoms with Gasteiger partial charge in [-0.05, 0) is 17.7 Å². The van der Waals surface area contributed by atoms with E-state index < -0.39 is 0 Å². The average Bonchev–Trinajstić information content (AvgIpc) is 2.31. The second-order valence-electron chi connectivity index (χ2n) is 3.08. The first-order valence-corrected chi connectivity index (χ1v) is 4.50. The number of rotatable bonds is 2. The van der Waals surface area contributed by atoms with E-state index in [9.17, 15) is 4.79 Å². The number of carbonyl (C=O) groups is 1. The molecule has 0 atom stereocenters. The molecule has 0 aliphatic carbocycles. The third kappa shape index (κ3) is 1.59. The van der Waals surface area contributed by atoms with Crippen molar-refractivity contribution in [3.8, 4) is 0 Å². The Labute approximate surface area is 86.7 Å². The van der Waals surface area contributed by atoms with E-state index >= 15 is 0 Å². The van der Waals surface area contributed by atoms with Gasteiger partial charge in [0.05, 0.1) is 17.4 Å². The van der Waals surface area contributed by atoms with E-state index in [-0.39, 0.29) is 5.57 Å². The normalized spacial score (nSPS) is 11.6. The topological polar surface area (TPSA) is 50.2 Å². The van der Waals surface area contributed by atoms with E-state index in [1.54, 1.807) is 12.3 Å². The Morgan fingerprint density at radius 3 is 2.80 bits per heavy atom. The summed E-state index contributed by atoms with van der Waals surface area (Å²) in [5, 5.41) is 9.78. The van der Waals surface area contributed by atoms with E-state index in [0.29, 0.717) is 11.8 Å². The number of nitrogens with zero attached hydrogens (tertiary/aromatic N) is 1. The average molecular weight is 199 g/mol. The molecule has 3 heteroatoms. The van der Waals surface area contributed by atoms with Crippen molar-refractivity contribution in [2.24, 2.45) is 0 Å². The first kappa shape index (κ1) is 9.40. The van der Waals surface area contributed by atoms with Gasteiger partial charge in [0, 0.05) is 11.6 Å². The van der Waals surface area contributed by atoms with Crippen molar-refractivity contribution in [2.75, 3.05) is 0 Å². The van der Waals surface area contributed by atoms with Crippen LogP contribution in [0, 0.1) is 0 Å². The molecule has 0 amide bonds. The van der Waals surface area contributed by atoms with Crippen LogP contribution in [0.4, 0.5) is 0 Å². The monoisotopic (exact) mass is 199 g/mol. The number of hydrogen-bond acceptors (Lipinski definition) is 3. The third-order valence-electron chi connectivity index (χ3n) is 2.23. The maximum Gasteiger partial charge on any atom is 0.153 e. The van der Waals surface area contributed by atoms with E-state index in [0.717, 1.165) is 17.2 Å². The molecule has 74 valence electrons.